The van der Waals surface area contributed by atoms with Crippen LogP contribution in [0.3, 0.4) is 0 Å². The van der Waals surface area contributed by atoms with Crippen LogP contribution in [-0.2, 0) is 0 Å². The smallest absolute Gasteiger partial charge is 0.308 e. The first kappa shape index (κ1) is 15.6. The van der Waals surface area contributed by atoms with Crippen molar-refractivity contribution in [1.29, 1.82) is 0 Å². The molecule has 0 atom stereocenters. The van der Waals surface area contributed by atoms with E-state index in [1.165, 1.54) is 11.3 Å². The van der Waals surface area contributed by atoms with Crippen LogP contribution in [-0.4, -0.2) is 20.6 Å². The van der Waals surface area contributed by atoms with Gasteiger partial charge in [-0.05, 0) is 18.2 Å². The van der Waals surface area contributed by atoms with Gasteiger partial charge in [0.1, 0.15) is 0 Å². The van der Waals surface area contributed by atoms with Crippen LogP contribution in [0.15, 0.2) is 60.0 Å². The van der Waals surface area contributed by atoms with Crippen LogP contribution in [0.25, 0.3) is 16.2 Å². The van der Waals surface area contributed by atoms with Gasteiger partial charge in [-0.2, -0.15) is 4.98 Å². The summed E-state index contributed by atoms with van der Waals surface area (Å²) < 4.78 is 1.72. The maximum Gasteiger partial charge on any atom is 0.326 e. The van der Waals surface area contributed by atoms with E-state index < -0.39 is 6.03 Å². The molecule has 0 unspecified atom stereocenters. The summed E-state index contributed by atoms with van der Waals surface area (Å²) in [6, 6.07) is 16.4. The summed E-state index contributed by atoms with van der Waals surface area (Å²) in [7, 11) is 0. The summed E-state index contributed by atoms with van der Waals surface area (Å²) in [5, 5.41) is 12.2. The van der Waals surface area contributed by atoms with Gasteiger partial charge >= 0.3 is 6.03 Å². The van der Waals surface area contributed by atoms with Crippen LogP contribution in [0, 0.1) is 0 Å². The first-order valence-corrected chi connectivity index (χ1v) is 8.68. The quantitative estimate of drug-likeness (QED) is 0.547. The topological polar surface area (TPSA) is 71.3 Å². The molecule has 0 aliphatic carbocycles. The van der Waals surface area contributed by atoms with E-state index in [2.05, 4.69) is 20.7 Å². The standard InChI is InChI=1S/C17H12ClN5OS/c18-12-7-4-8-13(9-12)19-16(24)20-15-21-17-23(22-15)14(10-25-17)11-5-2-1-3-6-11/h1-10H,(H2,19,20,22,24). The van der Waals surface area contributed by atoms with E-state index in [9.17, 15) is 4.79 Å². The third-order valence-corrected chi connectivity index (χ3v) is 4.51. The number of aromatic nitrogens is 3. The average molecular weight is 370 g/mol. The second-order valence-corrected chi connectivity index (χ2v) is 6.48. The minimum absolute atomic E-state index is 0.239. The number of thiazole rings is 1. The zero-order chi connectivity index (χ0) is 17.2. The first-order chi connectivity index (χ1) is 12.2. The molecule has 2 amide bonds. The molecule has 0 bridgehead atoms. The Labute approximate surface area is 152 Å². The first-order valence-electron chi connectivity index (χ1n) is 7.42. The fourth-order valence-electron chi connectivity index (χ4n) is 2.37. The summed E-state index contributed by atoms with van der Waals surface area (Å²) in [5.41, 5.74) is 2.56. The Balaban J connectivity index is 1.54. The van der Waals surface area contributed by atoms with Gasteiger partial charge < -0.3 is 5.32 Å². The summed E-state index contributed by atoms with van der Waals surface area (Å²) in [4.78, 5) is 17.1. The van der Waals surface area contributed by atoms with Gasteiger partial charge in [-0.25, -0.2) is 9.31 Å². The zero-order valence-electron chi connectivity index (χ0n) is 12.8. The Bertz CT molecular complexity index is 1040. The van der Waals surface area contributed by atoms with E-state index in [0.717, 1.165) is 11.3 Å². The van der Waals surface area contributed by atoms with Crippen molar-refractivity contribution in [2.75, 3.05) is 10.6 Å². The predicted octanol–water partition coefficient (Wildman–Crippen LogP) is 4.76. The second-order valence-electron chi connectivity index (χ2n) is 5.21. The molecule has 2 aromatic carbocycles. The van der Waals surface area contributed by atoms with Crippen LogP contribution in [0.5, 0.6) is 0 Å². The molecule has 4 aromatic rings. The van der Waals surface area contributed by atoms with E-state index in [4.69, 9.17) is 11.6 Å². The number of rotatable bonds is 3. The van der Waals surface area contributed by atoms with E-state index in [0.29, 0.717) is 15.7 Å². The predicted molar refractivity (Wildman–Crippen MR) is 100 cm³/mol. The van der Waals surface area contributed by atoms with Gasteiger partial charge in [0.25, 0.3) is 5.95 Å². The van der Waals surface area contributed by atoms with Crippen LogP contribution in [0.4, 0.5) is 16.4 Å². The summed E-state index contributed by atoms with van der Waals surface area (Å²) in [6.07, 6.45) is 0. The monoisotopic (exact) mass is 369 g/mol. The highest BCUT2D eigenvalue weighted by atomic mass is 35.5. The summed E-state index contributed by atoms with van der Waals surface area (Å²) >= 11 is 7.37. The largest absolute Gasteiger partial charge is 0.326 e. The number of anilines is 2. The fraction of sp³-hybridized carbons (Fsp3) is 0. The number of fused-ring (bicyclic) bond motifs is 1. The van der Waals surface area contributed by atoms with Crippen molar-refractivity contribution in [3.05, 3.63) is 65.0 Å². The van der Waals surface area contributed by atoms with Gasteiger partial charge in [-0.1, -0.05) is 48.0 Å². The van der Waals surface area contributed by atoms with E-state index in [-0.39, 0.29) is 5.95 Å². The number of hydrogen-bond donors (Lipinski definition) is 2. The molecule has 25 heavy (non-hydrogen) atoms. The molecule has 0 radical (unpaired) electrons. The van der Waals surface area contributed by atoms with Crippen LogP contribution in [0.2, 0.25) is 5.02 Å². The maximum atomic E-state index is 12.1. The summed E-state index contributed by atoms with van der Waals surface area (Å²) in [5.74, 6) is 0.239. The third-order valence-electron chi connectivity index (χ3n) is 3.46. The van der Waals surface area contributed by atoms with Gasteiger partial charge in [-0.15, -0.1) is 16.4 Å². The van der Waals surface area contributed by atoms with Gasteiger partial charge in [0.15, 0.2) is 0 Å². The normalized spacial score (nSPS) is 10.8. The molecular formula is C17H12ClN5OS. The molecule has 124 valence electrons. The fourth-order valence-corrected chi connectivity index (χ4v) is 3.39. The lowest BCUT2D eigenvalue weighted by Gasteiger charge is -2.04. The highest BCUT2D eigenvalue weighted by molar-refractivity contribution is 7.15. The molecule has 0 saturated heterocycles. The molecule has 0 aliphatic heterocycles. The van der Waals surface area contributed by atoms with Gasteiger partial charge in [0.2, 0.25) is 4.96 Å². The number of benzene rings is 2. The Kier molecular flexibility index (Phi) is 4.09. The molecule has 2 aromatic heterocycles. The molecule has 2 N–H and O–H groups in total. The van der Waals surface area contributed by atoms with Crippen molar-refractivity contribution in [3.8, 4) is 11.3 Å². The van der Waals surface area contributed by atoms with Crippen molar-refractivity contribution in [3.63, 3.8) is 0 Å². The average Bonchev–Trinajstić information content (AvgIpc) is 3.15. The molecule has 4 rings (SSSR count). The van der Waals surface area contributed by atoms with Gasteiger partial charge in [-0.3, -0.25) is 5.32 Å². The number of urea groups is 1. The molecule has 0 saturated carbocycles. The lowest BCUT2D eigenvalue weighted by atomic mass is 10.2. The van der Waals surface area contributed by atoms with Crippen LogP contribution in [0.1, 0.15) is 0 Å². The molecule has 0 spiro atoms. The number of nitrogens with one attached hydrogen (secondary N) is 2. The van der Waals surface area contributed by atoms with Crippen molar-refractivity contribution < 1.29 is 4.79 Å². The van der Waals surface area contributed by atoms with Gasteiger partial charge in [0, 0.05) is 21.7 Å². The van der Waals surface area contributed by atoms with E-state index >= 15 is 0 Å². The Morgan fingerprint density at radius 2 is 1.92 bits per heavy atom. The number of halogens is 1. The van der Waals surface area contributed by atoms with Crippen molar-refractivity contribution in [2.45, 2.75) is 0 Å². The highest BCUT2D eigenvalue weighted by Gasteiger charge is 2.13. The minimum atomic E-state index is -0.429. The highest BCUT2D eigenvalue weighted by Crippen LogP contribution is 2.25. The van der Waals surface area contributed by atoms with E-state index in [1.54, 1.807) is 28.8 Å². The molecular weight excluding hydrogens is 358 g/mol. The number of carbonyl (C=O) groups excluding carboxylic acids is 1. The third kappa shape index (κ3) is 3.33. The Morgan fingerprint density at radius 3 is 2.72 bits per heavy atom. The zero-order valence-corrected chi connectivity index (χ0v) is 14.4. The molecule has 8 heteroatoms. The molecule has 6 nitrogen and oxygen atoms in total. The Morgan fingerprint density at radius 1 is 1.08 bits per heavy atom. The molecule has 2 heterocycles. The lowest BCUT2D eigenvalue weighted by Crippen LogP contribution is -2.20. The maximum absolute atomic E-state index is 12.1. The molecule has 0 aliphatic rings. The number of nitrogens with zero attached hydrogens (tertiary/aromatic N) is 3. The van der Waals surface area contributed by atoms with Crippen molar-refractivity contribution in [1.82, 2.24) is 14.6 Å². The van der Waals surface area contributed by atoms with Crippen molar-refractivity contribution in [2.24, 2.45) is 0 Å². The van der Waals surface area contributed by atoms with Crippen molar-refractivity contribution >= 4 is 45.6 Å². The molecule has 0 fully saturated rings. The van der Waals surface area contributed by atoms with E-state index in [1.807, 2.05) is 35.7 Å². The second kappa shape index (κ2) is 6.54. The number of hydrogen-bond acceptors (Lipinski definition) is 4. The SMILES string of the molecule is O=C(Nc1cccc(Cl)c1)Nc1nc2scc(-c3ccccc3)n2n1. The summed E-state index contributed by atoms with van der Waals surface area (Å²) in [6.45, 7) is 0. The Hall–Kier alpha value is -2.90. The van der Waals surface area contributed by atoms with Gasteiger partial charge in [0.05, 0.1) is 5.69 Å². The van der Waals surface area contributed by atoms with Crippen LogP contribution >= 0.6 is 22.9 Å². The number of amides is 2. The number of carbonyl (C=O) groups is 1. The minimum Gasteiger partial charge on any atom is -0.308 e. The lowest BCUT2D eigenvalue weighted by molar-refractivity contribution is 0.262. The van der Waals surface area contributed by atoms with Crippen LogP contribution < -0.4 is 10.6 Å².